The third-order valence-electron chi connectivity index (χ3n) is 2.87. The topological polar surface area (TPSA) is 85.0 Å². The Morgan fingerprint density at radius 1 is 1.76 bits per heavy atom. The van der Waals surface area contributed by atoms with Crippen molar-refractivity contribution >= 4 is 11.7 Å². The quantitative estimate of drug-likeness (QED) is 0.677. The number of amides is 1. The maximum absolute atomic E-state index is 11.7. The van der Waals surface area contributed by atoms with Gasteiger partial charge < -0.3 is 16.4 Å². The third-order valence-corrected chi connectivity index (χ3v) is 2.87. The molecule has 1 unspecified atom stereocenters. The minimum Gasteiger partial charge on any atom is -0.328 e. The van der Waals surface area contributed by atoms with E-state index in [2.05, 4.69) is 15.7 Å². The fourth-order valence-corrected chi connectivity index (χ4v) is 1.71. The highest BCUT2D eigenvalue weighted by Crippen LogP contribution is 2.17. The van der Waals surface area contributed by atoms with Crippen LogP contribution in [0.15, 0.2) is 12.3 Å². The van der Waals surface area contributed by atoms with Gasteiger partial charge in [-0.3, -0.25) is 4.79 Å². The zero-order chi connectivity index (χ0) is 12.3. The largest absolute Gasteiger partial charge is 0.328 e. The first kappa shape index (κ1) is 12.1. The van der Waals surface area contributed by atoms with E-state index in [1.54, 1.807) is 6.20 Å². The molecule has 0 bridgehead atoms. The highest BCUT2D eigenvalue weighted by atomic mass is 16.1. The summed E-state index contributed by atoms with van der Waals surface area (Å²) in [5, 5.41) is 10.3. The Labute approximate surface area is 101 Å². The van der Waals surface area contributed by atoms with Gasteiger partial charge in [0.1, 0.15) is 5.82 Å². The van der Waals surface area contributed by atoms with Crippen LogP contribution in [0.4, 0.5) is 5.82 Å². The van der Waals surface area contributed by atoms with Crippen LogP contribution in [0.2, 0.25) is 0 Å². The van der Waals surface area contributed by atoms with E-state index in [-0.39, 0.29) is 11.9 Å². The van der Waals surface area contributed by atoms with E-state index < -0.39 is 0 Å². The number of anilines is 1. The number of nitrogens with two attached hydrogens (primary N) is 1. The molecular formula is C11H19N5O. The molecule has 1 aliphatic heterocycles. The Balaban J connectivity index is 1.89. The molecule has 1 saturated heterocycles. The average molecular weight is 237 g/mol. The molecule has 6 nitrogen and oxygen atoms in total. The van der Waals surface area contributed by atoms with Crippen molar-refractivity contribution in [3.63, 3.8) is 0 Å². The normalized spacial score (nSPS) is 17.5. The fourth-order valence-electron chi connectivity index (χ4n) is 1.71. The van der Waals surface area contributed by atoms with E-state index in [0.29, 0.717) is 18.9 Å². The summed E-state index contributed by atoms with van der Waals surface area (Å²) in [6, 6.07) is 2.23. The van der Waals surface area contributed by atoms with Gasteiger partial charge in [0.05, 0.1) is 12.2 Å². The van der Waals surface area contributed by atoms with E-state index in [0.717, 1.165) is 18.9 Å². The average Bonchev–Trinajstić information content (AvgIpc) is 2.61. The Bertz CT molecular complexity index is 383. The molecular weight excluding hydrogens is 218 g/mol. The molecule has 1 aromatic rings. The Morgan fingerprint density at radius 3 is 3.12 bits per heavy atom. The summed E-state index contributed by atoms with van der Waals surface area (Å²) >= 11 is 0. The molecule has 2 rings (SSSR count). The first-order valence-electron chi connectivity index (χ1n) is 5.96. The van der Waals surface area contributed by atoms with E-state index in [1.165, 1.54) is 0 Å². The van der Waals surface area contributed by atoms with Crippen LogP contribution in [-0.2, 0) is 4.79 Å². The van der Waals surface area contributed by atoms with Gasteiger partial charge in [0.25, 0.3) is 0 Å². The second-order valence-electron chi connectivity index (χ2n) is 4.54. The van der Waals surface area contributed by atoms with E-state index >= 15 is 0 Å². The van der Waals surface area contributed by atoms with Crippen molar-refractivity contribution in [3.8, 4) is 0 Å². The summed E-state index contributed by atoms with van der Waals surface area (Å²) in [5.41, 5.74) is 5.62. The Kier molecular flexibility index (Phi) is 3.75. The molecule has 0 saturated carbocycles. The second kappa shape index (κ2) is 5.29. The van der Waals surface area contributed by atoms with Crippen LogP contribution in [0.25, 0.3) is 0 Å². The lowest BCUT2D eigenvalue weighted by atomic mass is 10.2. The Hall–Kier alpha value is -1.40. The number of aromatic nitrogens is 2. The van der Waals surface area contributed by atoms with Crippen molar-refractivity contribution in [1.82, 2.24) is 15.1 Å². The lowest BCUT2D eigenvalue weighted by Crippen LogP contribution is -2.44. The summed E-state index contributed by atoms with van der Waals surface area (Å²) < 4.78 is 1.86. The second-order valence-corrected chi connectivity index (χ2v) is 4.54. The van der Waals surface area contributed by atoms with Crippen LogP contribution in [0.1, 0.15) is 25.8 Å². The van der Waals surface area contributed by atoms with Crippen molar-refractivity contribution in [2.75, 3.05) is 18.4 Å². The van der Waals surface area contributed by atoms with Crippen molar-refractivity contribution < 1.29 is 4.79 Å². The zero-order valence-corrected chi connectivity index (χ0v) is 10.0. The first-order chi connectivity index (χ1) is 8.16. The van der Waals surface area contributed by atoms with Crippen LogP contribution < -0.4 is 16.4 Å². The predicted molar refractivity (Wildman–Crippen MR) is 65.6 cm³/mol. The van der Waals surface area contributed by atoms with E-state index in [9.17, 15) is 4.79 Å². The summed E-state index contributed by atoms with van der Waals surface area (Å²) in [6.45, 7) is 3.71. The Morgan fingerprint density at radius 2 is 2.53 bits per heavy atom. The van der Waals surface area contributed by atoms with Gasteiger partial charge in [-0.25, -0.2) is 4.68 Å². The molecule has 0 aliphatic carbocycles. The minimum atomic E-state index is -0.00340. The van der Waals surface area contributed by atoms with Gasteiger partial charge in [-0.15, -0.1) is 0 Å². The molecule has 4 N–H and O–H groups in total. The van der Waals surface area contributed by atoms with Crippen molar-refractivity contribution in [2.24, 2.45) is 5.73 Å². The number of carbonyl (C=O) groups excluding carboxylic acids is 1. The number of carbonyl (C=O) groups is 1. The summed E-state index contributed by atoms with van der Waals surface area (Å²) in [4.78, 5) is 11.7. The summed E-state index contributed by atoms with van der Waals surface area (Å²) in [7, 11) is 0. The molecule has 1 aliphatic rings. The van der Waals surface area contributed by atoms with Gasteiger partial charge >= 0.3 is 0 Å². The van der Waals surface area contributed by atoms with Crippen LogP contribution in [0.5, 0.6) is 0 Å². The summed E-state index contributed by atoms with van der Waals surface area (Å²) in [6.07, 6.45) is 2.86. The molecule has 17 heavy (non-hydrogen) atoms. The van der Waals surface area contributed by atoms with Crippen LogP contribution >= 0.6 is 0 Å². The number of nitrogens with zero attached hydrogens (tertiary/aromatic N) is 2. The molecule has 94 valence electrons. The molecule has 0 radical (unpaired) electrons. The smallest absolute Gasteiger partial charge is 0.225 e. The van der Waals surface area contributed by atoms with Gasteiger partial charge in [0.15, 0.2) is 0 Å². The molecule has 1 amide bonds. The number of hydrogen-bond acceptors (Lipinski definition) is 4. The zero-order valence-electron chi connectivity index (χ0n) is 10.0. The molecule has 1 atom stereocenters. The highest BCUT2D eigenvalue weighted by molar-refractivity contribution is 5.89. The molecule has 0 aromatic carbocycles. The minimum absolute atomic E-state index is 0.00340. The number of rotatable bonds is 5. The van der Waals surface area contributed by atoms with Gasteiger partial charge in [-0.2, -0.15) is 5.10 Å². The molecule has 0 spiro atoms. The fraction of sp³-hybridized carbons (Fsp3) is 0.636. The first-order valence-corrected chi connectivity index (χ1v) is 5.96. The van der Waals surface area contributed by atoms with E-state index in [4.69, 9.17) is 5.73 Å². The monoisotopic (exact) mass is 237 g/mol. The van der Waals surface area contributed by atoms with Crippen molar-refractivity contribution in [1.29, 1.82) is 0 Å². The molecule has 1 aromatic heterocycles. The van der Waals surface area contributed by atoms with Gasteiger partial charge in [-0.1, -0.05) is 0 Å². The number of nitrogens with one attached hydrogen (secondary N) is 2. The SMILES string of the molecule is CC(N)CCC(=O)Nc1ccnn1C1CNC1. The van der Waals surface area contributed by atoms with E-state index in [1.807, 2.05) is 17.7 Å². The van der Waals surface area contributed by atoms with Crippen molar-refractivity contribution in [3.05, 3.63) is 12.3 Å². The molecule has 6 heteroatoms. The maximum atomic E-state index is 11.7. The highest BCUT2D eigenvalue weighted by Gasteiger charge is 2.22. The molecule has 2 heterocycles. The third kappa shape index (κ3) is 3.04. The maximum Gasteiger partial charge on any atom is 0.225 e. The van der Waals surface area contributed by atoms with Gasteiger partial charge in [0.2, 0.25) is 5.91 Å². The van der Waals surface area contributed by atoms with Crippen LogP contribution in [-0.4, -0.2) is 34.8 Å². The summed E-state index contributed by atoms with van der Waals surface area (Å²) in [5.74, 6) is 0.766. The molecule has 1 fully saturated rings. The van der Waals surface area contributed by atoms with Gasteiger partial charge in [-0.05, 0) is 13.3 Å². The van der Waals surface area contributed by atoms with Crippen molar-refractivity contribution in [2.45, 2.75) is 31.8 Å². The predicted octanol–water partition coefficient (Wildman–Crippen LogP) is 0.0933. The van der Waals surface area contributed by atoms with Gasteiger partial charge in [0, 0.05) is 31.6 Å². The lowest BCUT2D eigenvalue weighted by Gasteiger charge is -2.28. The van der Waals surface area contributed by atoms with Crippen LogP contribution in [0.3, 0.4) is 0 Å². The number of hydrogen-bond donors (Lipinski definition) is 3. The lowest BCUT2D eigenvalue weighted by molar-refractivity contribution is -0.116. The van der Waals surface area contributed by atoms with Crippen LogP contribution in [0, 0.1) is 0 Å². The standard InChI is InChI=1S/C11H19N5O/c1-8(12)2-3-11(17)15-10-4-5-14-16(10)9-6-13-7-9/h4-5,8-9,13H,2-3,6-7,12H2,1H3,(H,15,17).